The van der Waals surface area contributed by atoms with Crippen LogP contribution in [-0.4, -0.2) is 37.6 Å². The van der Waals surface area contributed by atoms with Crippen LogP contribution in [0.5, 0.6) is 5.75 Å². The van der Waals surface area contributed by atoms with Gasteiger partial charge < -0.3 is 9.64 Å². The number of benzene rings is 2. The Hall–Kier alpha value is -2.39. The zero-order chi connectivity index (χ0) is 18.1. The standard InChI is InChI=1S/C23H26N2O/c1-25(2)15-18-11-12-22-20(14-16-7-4-5-10-21(16)24-22)23(18)17-8-6-9-19(13-17)26-3/h4-10,13-14,18,23H,11-12,15H2,1-3H3/t18-,23+/m1/s1. The lowest BCUT2D eigenvalue weighted by Gasteiger charge is -2.35. The fraction of sp³-hybridized carbons (Fsp3) is 0.348. The van der Waals surface area contributed by atoms with Crippen molar-refractivity contribution in [2.75, 3.05) is 27.7 Å². The second-order valence-corrected chi connectivity index (χ2v) is 7.53. The van der Waals surface area contributed by atoms with Crippen molar-refractivity contribution < 1.29 is 4.74 Å². The lowest BCUT2D eigenvalue weighted by atomic mass is 9.73. The van der Waals surface area contributed by atoms with Gasteiger partial charge >= 0.3 is 0 Å². The van der Waals surface area contributed by atoms with Gasteiger partial charge in [0, 0.05) is 23.5 Å². The Kier molecular flexibility index (Phi) is 4.64. The van der Waals surface area contributed by atoms with Crippen LogP contribution in [0.25, 0.3) is 10.9 Å². The van der Waals surface area contributed by atoms with Crippen molar-refractivity contribution in [2.45, 2.75) is 18.8 Å². The molecule has 0 unspecified atom stereocenters. The van der Waals surface area contributed by atoms with Gasteiger partial charge in [-0.15, -0.1) is 0 Å². The van der Waals surface area contributed by atoms with E-state index in [1.807, 2.05) is 6.07 Å². The highest BCUT2D eigenvalue weighted by atomic mass is 16.5. The molecule has 2 atom stereocenters. The summed E-state index contributed by atoms with van der Waals surface area (Å²) in [4.78, 5) is 7.31. The molecule has 26 heavy (non-hydrogen) atoms. The van der Waals surface area contributed by atoms with E-state index in [0.29, 0.717) is 11.8 Å². The SMILES string of the molecule is COc1cccc([C@@H]2c3cc4ccccc4nc3CC[C@@H]2CN(C)C)c1. The molecule has 0 fully saturated rings. The molecule has 3 aromatic rings. The van der Waals surface area contributed by atoms with Crippen molar-refractivity contribution in [3.8, 4) is 5.75 Å². The molecule has 4 rings (SSSR count). The van der Waals surface area contributed by atoms with Gasteiger partial charge in [0.1, 0.15) is 5.75 Å². The number of para-hydroxylation sites is 1. The van der Waals surface area contributed by atoms with Crippen molar-refractivity contribution in [1.29, 1.82) is 0 Å². The fourth-order valence-corrected chi connectivity index (χ4v) is 4.34. The van der Waals surface area contributed by atoms with Crippen molar-refractivity contribution in [3.63, 3.8) is 0 Å². The van der Waals surface area contributed by atoms with Crippen LogP contribution in [0.2, 0.25) is 0 Å². The van der Waals surface area contributed by atoms with Crippen LogP contribution in [-0.2, 0) is 6.42 Å². The smallest absolute Gasteiger partial charge is 0.119 e. The van der Waals surface area contributed by atoms with Crippen LogP contribution in [0.15, 0.2) is 54.6 Å². The van der Waals surface area contributed by atoms with E-state index in [9.17, 15) is 0 Å². The Morgan fingerprint density at radius 1 is 1.08 bits per heavy atom. The van der Waals surface area contributed by atoms with E-state index in [0.717, 1.165) is 24.2 Å². The zero-order valence-corrected chi connectivity index (χ0v) is 15.8. The number of rotatable bonds is 4. The summed E-state index contributed by atoms with van der Waals surface area (Å²) in [6.45, 7) is 1.08. The molecule has 1 aromatic heterocycles. The Morgan fingerprint density at radius 2 is 1.92 bits per heavy atom. The first-order valence-electron chi connectivity index (χ1n) is 9.33. The predicted octanol–water partition coefficient (Wildman–Crippen LogP) is 4.50. The molecule has 0 amide bonds. The molecule has 134 valence electrons. The van der Waals surface area contributed by atoms with Crippen molar-refractivity contribution in [2.24, 2.45) is 5.92 Å². The van der Waals surface area contributed by atoms with E-state index < -0.39 is 0 Å². The topological polar surface area (TPSA) is 25.4 Å². The zero-order valence-electron chi connectivity index (χ0n) is 15.8. The molecule has 1 aliphatic rings. The van der Waals surface area contributed by atoms with Gasteiger partial charge in [0.15, 0.2) is 0 Å². The summed E-state index contributed by atoms with van der Waals surface area (Å²) in [7, 11) is 6.06. The molecule has 0 aliphatic heterocycles. The summed E-state index contributed by atoms with van der Waals surface area (Å²) in [6.07, 6.45) is 2.22. The number of nitrogens with zero attached hydrogens (tertiary/aromatic N) is 2. The lowest BCUT2D eigenvalue weighted by Crippen LogP contribution is -2.31. The molecule has 3 heteroatoms. The lowest BCUT2D eigenvalue weighted by molar-refractivity contribution is 0.280. The maximum absolute atomic E-state index is 5.49. The Labute approximate surface area is 155 Å². The van der Waals surface area contributed by atoms with Crippen LogP contribution in [0.4, 0.5) is 0 Å². The van der Waals surface area contributed by atoms with Gasteiger partial charge in [-0.1, -0.05) is 30.3 Å². The normalized spacial score (nSPS) is 19.5. The van der Waals surface area contributed by atoms with Gasteiger partial charge in [-0.25, -0.2) is 0 Å². The molecule has 2 aromatic carbocycles. The Bertz CT molecular complexity index is 919. The summed E-state index contributed by atoms with van der Waals surface area (Å²) in [5.74, 6) is 1.85. The second kappa shape index (κ2) is 7.08. The highest BCUT2D eigenvalue weighted by Gasteiger charge is 2.32. The predicted molar refractivity (Wildman–Crippen MR) is 107 cm³/mol. The van der Waals surface area contributed by atoms with Crippen molar-refractivity contribution in [3.05, 3.63) is 71.4 Å². The van der Waals surface area contributed by atoms with Gasteiger partial charge in [0.25, 0.3) is 0 Å². The number of hydrogen-bond donors (Lipinski definition) is 0. The molecule has 0 saturated heterocycles. The number of hydrogen-bond acceptors (Lipinski definition) is 3. The first-order valence-corrected chi connectivity index (χ1v) is 9.33. The summed E-state index contributed by atoms with van der Waals surface area (Å²) >= 11 is 0. The van der Waals surface area contributed by atoms with E-state index >= 15 is 0 Å². The largest absolute Gasteiger partial charge is 0.497 e. The highest BCUT2D eigenvalue weighted by Crippen LogP contribution is 2.42. The molecule has 0 radical (unpaired) electrons. The number of aryl methyl sites for hydroxylation is 1. The van der Waals surface area contributed by atoms with Gasteiger partial charge in [-0.05, 0) is 68.2 Å². The molecule has 1 aliphatic carbocycles. The quantitative estimate of drug-likeness (QED) is 0.695. The van der Waals surface area contributed by atoms with Crippen LogP contribution < -0.4 is 4.74 Å². The van der Waals surface area contributed by atoms with Gasteiger partial charge in [-0.2, -0.15) is 0 Å². The van der Waals surface area contributed by atoms with Crippen LogP contribution >= 0.6 is 0 Å². The summed E-state index contributed by atoms with van der Waals surface area (Å²) < 4.78 is 5.49. The maximum Gasteiger partial charge on any atom is 0.119 e. The van der Waals surface area contributed by atoms with E-state index in [4.69, 9.17) is 9.72 Å². The van der Waals surface area contributed by atoms with Gasteiger partial charge in [0.2, 0.25) is 0 Å². The Balaban J connectivity index is 1.87. The molecule has 1 heterocycles. The summed E-state index contributed by atoms with van der Waals surface area (Å²) in [6, 6.07) is 19.4. The Morgan fingerprint density at radius 3 is 2.73 bits per heavy atom. The van der Waals surface area contributed by atoms with Crippen molar-refractivity contribution in [1.82, 2.24) is 9.88 Å². The monoisotopic (exact) mass is 346 g/mol. The van der Waals surface area contributed by atoms with Crippen molar-refractivity contribution >= 4 is 10.9 Å². The van der Waals surface area contributed by atoms with E-state index in [1.165, 1.54) is 28.6 Å². The highest BCUT2D eigenvalue weighted by molar-refractivity contribution is 5.80. The average Bonchev–Trinajstić information content (AvgIpc) is 2.66. The minimum atomic E-state index is 0.355. The number of methoxy groups -OCH3 is 1. The van der Waals surface area contributed by atoms with E-state index in [-0.39, 0.29) is 0 Å². The second-order valence-electron chi connectivity index (χ2n) is 7.53. The number of pyridine rings is 1. The molecule has 3 nitrogen and oxygen atoms in total. The van der Waals surface area contributed by atoms with E-state index in [1.54, 1.807) is 7.11 Å². The maximum atomic E-state index is 5.49. The summed E-state index contributed by atoms with van der Waals surface area (Å²) in [5.41, 5.74) is 5.07. The van der Waals surface area contributed by atoms with Crippen LogP contribution in [0.3, 0.4) is 0 Å². The van der Waals surface area contributed by atoms with Crippen LogP contribution in [0, 0.1) is 5.92 Å². The first-order chi connectivity index (χ1) is 12.7. The first kappa shape index (κ1) is 17.0. The fourth-order valence-electron chi connectivity index (χ4n) is 4.34. The molecular formula is C23H26N2O. The molecule has 0 bridgehead atoms. The van der Waals surface area contributed by atoms with Crippen LogP contribution in [0.1, 0.15) is 29.2 Å². The third-order valence-electron chi connectivity index (χ3n) is 5.45. The number of aromatic nitrogens is 1. The van der Waals surface area contributed by atoms with Gasteiger partial charge in [0.05, 0.1) is 12.6 Å². The number of fused-ring (bicyclic) bond motifs is 2. The number of ether oxygens (including phenoxy) is 1. The van der Waals surface area contributed by atoms with Gasteiger partial charge in [-0.3, -0.25) is 4.98 Å². The molecule has 0 N–H and O–H groups in total. The third-order valence-corrected chi connectivity index (χ3v) is 5.45. The van der Waals surface area contributed by atoms with E-state index in [2.05, 4.69) is 67.5 Å². The minimum Gasteiger partial charge on any atom is -0.497 e. The minimum absolute atomic E-state index is 0.355. The average molecular weight is 346 g/mol. The summed E-state index contributed by atoms with van der Waals surface area (Å²) in [5, 5.41) is 1.23. The third kappa shape index (κ3) is 3.19. The molecule has 0 spiro atoms. The molecule has 0 saturated carbocycles. The molecular weight excluding hydrogens is 320 g/mol.